The fourth-order valence-electron chi connectivity index (χ4n) is 2.66. The summed E-state index contributed by atoms with van der Waals surface area (Å²) in [7, 11) is 3.02. The number of methoxy groups -OCH3 is 2. The summed E-state index contributed by atoms with van der Waals surface area (Å²) in [4.78, 5) is 12.7. The van der Waals surface area contributed by atoms with E-state index in [1.807, 2.05) is 25.1 Å². The largest absolute Gasteiger partial charge is 0.495 e. The van der Waals surface area contributed by atoms with Crippen LogP contribution in [0.5, 0.6) is 17.2 Å². The van der Waals surface area contributed by atoms with Gasteiger partial charge in [0.2, 0.25) is 0 Å². The lowest BCUT2D eigenvalue weighted by atomic mass is 10.0. The summed E-state index contributed by atoms with van der Waals surface area (Å²) in [6, 6.07) is 9.24. The highest BCUT2D eigenvalue weighted by Crippen LogP contribution is 2.36. The molecule has 0 aliphatic heterocycles. The van der Waals surface area contributed by atoms with Crippen LogP contribution in [0.25, 0.3) is 0 Å². The number of ether oxygens (including phenoxy) is 3. The summed E-state index contributed by atoms with van der Waals surface area (Å²) in [5, 5.41) is 3.22. The molecule has 0 spiro atoms. The topological polar surface area (TPSA) is 56.8 Å². The van der Waals surface area contributed by atoms with Crippen molar-refractivity contribution in [1.29, 1.82) is 0 Å². The second-order valence-corrected chi connectivity index (χ2v) is 7.04. The first-order valence-corrected chi connectivity index (χ1v) is 9.14. The summed E-state index contributed by atoms with van der Waals surface area (Å²) >= 11 is 6.11. The number of hydrogen-bond acceptors (Lipinski definition) is 4. The molecule has 0 saturated heterocycles. The molecule has 5 nitrogen and oxygen atoms in total. The number of aryl methyl sites for hydroxylation is 1. The summed E-state index contributed by atoms with van der Waals surface area (Å²) < 4.78 is 16.5. The second kappa shape index (κ2) is 9.00. The van der Waals surface area contributed by atoms with Gasteiger partial charge >= 0.3 is 0 Å². The molecule has 27 heavy (non-hydrogen) atoms. The molecule has 1 N–H and O–H groups in total. The van der Waals surface area contributed by atoms with E-state index >= 15 is 0 Å². The van der Waals surface area contributed by atoms with E-state index in [-0.39, 0.29) is 11.8 Å². The number of rotatable bonds is 7. The molecule has 1 amide bonds. The molecule has 0 aromatic heterocycles. The van der Waals surface area contributed by atoms with Crippen LogP contribution < -0.4 is 19.5 Å². The Kier molecular flexibility index (Phi) is 6.97. The van der Waals surface area contributed by atoms with Crippen molar-refractivity contribution in [3.8, 4) is 17.2 Å². The molecule has 0 aliphatic rings. The van der Waals surface area contributed by atoms with Gasteiger partial charge in [-0.2, -0.15) is 0 Å². The van der Waals surface area contributed by atoms with Gasteiger partial charge in [-0.15, -0.1) is 0 Å². The van der Waals surface area contributed by atoms with Gasteiger partial charge < -0.3 is 19.5 Å². The van der Waals surface area contributed by atoms with Crippen LogP contribution in [-0.4, -0.2) is 26.2 Å². The highest BCUT2D eigenvalue weighted by molar-refractivity contribution is 6.32. The van der Waals surface area contributed by atoms with Gasteiger partial charge in [-0.25, -0.2) is 0 Å². The highest BCUT2D eigenvalue weighted by atomic mass is 35.5. The summed E-state index contributed by atoms with van der Waals surface area (Å²) in [5.74, 6) is 1.60. The Morgan fingerprint density at radius 1 is 1.00 bits per heavy atom. The van der Waals surface area contributed by atoms with Crippen LogP contribution in [0, 0.1) is 6.92 Å². The van der Waals surface area contributed by atoms with Crippen molar-refractivity contribution in [3.05, 3.63) is 46.5 Å². The minimum atomic E-state index is -0.698. The SMILES string of the molecule is COc1cc(NC(=O)C(C)Oc2cc(C)ccc2C(C)C)c(OC)cc1Cl. The maximum Gasteiger partial charge on any atom is 0.265 e. The molecule has 0 aliphatic carbocycles. The van der Waals surface area contributed by atoms with Gasteiger partial charge in [0.25, 0.3) is 5.91 Å². The molecule has 6 heteroatoms. The van der Waals surface area contributed by atoms with Gasteiger partial charge in [0.05, 0.1) is 24.9 Å². The Bertz CT molecular complexity index is 820. The number of nitrogens with one attached hydrogen (secondary N) is 1. The molecular weight excluding hydrogens is 366 g/mol. The van der Waals surface area contributed by atoms with Crippen molar-refractivity contribution in [2.45, 2.75) is 39.7 Å². The molecule has 0 bridgehead atoms. The van der Waals surface area contributed by atoms with Crippen LogP contribution in [-0.2, 0) is 4.79 Å². The fraction of sp³-hybridized carbons (Fsp3) is 0.381. The fourth-order valence-corrected chi connectivity index (χ4v) is 2.89. The quantitative estimate of drug-likeness (QED) is 0.705. The molecule has 1 unspecified atom stereocenters. The lowest BCUT2D eigenvalue weighted by Gasteiger charge is -2.20. The van der Waals surface area contributed by atoms with Crippen LogP contribution in [0.1, 0.15) is 37.8 Å². The average molecular weight is 392 g/mol. The zero-order chi connectivity index (χ0) is 20.1. The van der Waals surface area contributed by atoms with Crippen LogP contribution >= 0.6 is 11.6 Å². The van der Waals surface area contributed by atoms with Crippen LogP contribution in [0.3, 0.4) is 0 Å². The molecule has 2 aromatic rings. The summed E-state index contributed by atoms with van der Waals surface area (Å²) in [5.41, 5.74) is 2.60. The third-order valence-electron chi connectivity index (χ3n) is 4.20. The minimum Gasteiger partial charge on any atom is -0.495 e. The van der Waals surface area contributed by atoms with E-state index in [1.54, 1.807) is 19.1 Å². The van der Waals surface area contributed by atoms with Gasteiger partial charge in [0.15, 0.2) is 6.10 Å². The van der Waals surface area contributed by atoms with E-state index in [0.29, 0.717) is 28.0 Å². The van der Waals surface area contributed by atoms with Gasteiger partial charge in [0, 0.05) is 12.1 Å². The molecular formula is C21H26ClNO4. The Morgan fingerprint density at radius 3 is 2.26 bits per heavy atom. The Hall–Kier alpha value is -2.40. The van der Waals surface area contributed by atoms with E-state index in [4.69, 9.17) is 25.8 Å². The third-order valence-corrected chi connectivity index (χ3v) is 4.49. The summed E-state index contributed by atoms with van der Waals surface area (Å²) in [6.45, 7) is 7.88. The maximum absolute atomic E-state index is 12.7. The molecule has 0 saturated carbocycles. The molecule has 2 rings (SSSR count). The van der Waals surface area contributed by atoms with Crippen molar-refractivity contribution in [2.75, 3.05) is 19.5 Å². The normalized spacial score (nSPS) is 11.9. The maximum atomic E-state index is 12.7. The lowest BCUT2D eigenvalue weighted by Crippen LogP contribution is -2.30. The molecule has 1 atom stereocenters. The molecule has 0 heterocycles. The van der Waals surface area contributed by atoms with Gasteiger partial charge in [0.1, 0.15) is 17.2 Å². The zero-order valence-corrected chi connectivity index (χ0v) is 17.3. The number of anilines is 1. The van der Waals surface area contributed by atoms with E-state index in [1.165, 1.54) is 14.2 Å². The first kappa shape index (κ1) is 20.9. The molecule has 0 fully saturated rings. The lowest BCUT2D eigenvalue weighted by molar-refractivity contribution is -0.122. The van der Waals surface area contributed by atoms with Crippen LogP contribution in [0.2, 0.25) is 5.02 Å². The van der Waals surface area contributed by atoms with Crippen molar-refractivity contribution in [2.24, 2.45) is 0 Å². The molecule has 0 radical (unpaired) electrons. The zero-order valence-electron chi connectivity index (χ0n) is 16.6. The number of carbonyl (C=O) groups excluding carboxylic acids is 1. The van der Waals surface area contributed by atoms with E-state index in [2.05, 4.69) is 19.2 Å². The Morgan fingerprint density at radius 2 is 1.67 bits per heavy atom. The molecule has 2 aromatic carbocycles. The van der Waals surface area contributed by atoms with Crippen LogP contribution in [0.15, 0.2) is 30.3 Å². The summed E-state index contributed by atoms with van der Waals surface area (Å²) in [6.07, 6.45) is -0.698. The Balaban J connectivity index is 2.21. The van der Waals surface area contributed by atoms with E-state index in [0.717, 1.165) is 11.1 Å². The monoisotopic (exact) mass is 391 g/mol. The molecule has 146 valence electrons. The van der Waals surface area contributed by atoms with Crippen molar-refractivity contribution in [3.63, 3.8) is 0 Å². The predicted octanol–water partition coefficient (Wildman–Crippen LogP) is 5.20. The highest BCUT2D eigenvalue weighted by Gasteiger charge is 2.20. The first-order chi connectivity index (χ1) is 12.8. The van der Waals surface area contributed by atoms with Crippen molar-refractivity contribution in [1.82, 2.24) is 0 Å². The predicted molar refractivity (Wildman–Crippen MR) is 109 cm³/mol. The van der Waals surface area contributed by atoms with E-state index in [9.17, 15) is 4.79 Å². The minimum absolute atomic E-state index is 0.288. The third kappa shape index (κ3) is 5.07. The average Bonchev–Trinajstić information content (AvgIpc) is 2.62. The first-order valence-electron chi connectivity index (χ1n) is 8.76. The number of carbonyl (C=O) groups is 1. The number of halogens is 1. The van der Waals surface area contributed by atoms with Gasteiger partial charge in [-0.1, -0.05) is 37.6 Å². The van der Waals surface area contributed by atoms with E-state index < -0.39 is 6.10 Å². The number of amides is 1. The Labute approximate surface area is 165 Å². The van der Waals surface area contributed by atoms with Crippen molar-refractivity contribution < 1.29 is 19.0 Å². The second-order valence-electron chi connectivity index (χ2n) is 6.63. The van der Waals surface area contributed by atoms with Gasteiger partial charge in [-0.05, 0) is 37.0 Å². The number of hydrogen-bond donors (Lipinski definition) is 1. The standard InChI is InChI=1S/C21H26ClNO4/c1-12(2)15-8-7-13(3)9-18(15)27-14(4)21(24)23-17-11-19(25-5)16(22)10-20(17)26-6/h7-12,14H,1-6H3,(H,23,24). The smallest absolute Gasteiger partial charge is 0.265 e. The van der Waals surface area contributed by atoms with Crippen LogP contribution in [0.4, 0.5) is 5.69 Å². The van der Waals surface area contributed by atoms with Gasteiger partial charge in [-0.3, -0.25) is 4.79 Å². The number of benzene rings is 2. The van der Waals surface area contributed by atoms with Crippen molar-refractivity contribution >= 4 is 23.2 Å².